The molecule has 0 spiro atoms. The minimum absolute atomic E-state index is 0.360. The molecule has 0 aliphatic heterocycles. The van der Waals surface area contributed by atoms with Crippen LogP contribution in [0.5, 0.6) is 0 Å². The van der Waals surface area contributed by atoms with Gasteiger partial charge in [-0.15, -0.1) is 0 Å². The molecule has 0 saturated carbocycles. The van der Waals surface area contributed by atoms with E-state index in [4.69, 9.17) is 11.0 Å². The number of hydrogen-bond donors (Lipinski definition) is 2. The molecule has 0 radical (unpaired) electrons. The molecule has 4 nitrogen and oxygen atoms in total. The zero-order valence-electron chi connectivity index (χ0n) is 10.5. The fourth-order valence-electron chi connectivity index (χ4n) is 1.58. The van der Waals surface area contributed by atoms with Crippen molar-refractivity contribution in [2.45, 2.75) is 12.8 Å². The third-order valence-electron chi connectivity index (χ3n) is 2.52. The average molecular weight is 232 g/mol. The molecule has 17 heavy (non-hydrogen) atoms. The highest BCUT2D eigenvalue weighted by Gasteiger charge is 2.00. The Hall–Kier alpha value is -1.73. The Balaban J connectivity index is 2.49. The summed E-state index contributed by atoms with van der Waals surface area (Å²) in [7, 11) is 4.13. The molecule has 92 valence electrons. The minimum Gasteiger partial charge on any atom is -0.398 e. The van der Waals surface area contributed by atoms with Crippen LogP contribution in [0.3, 0.4) is 0 Å². The summed E-state index contributed by atoms with van der Waals surface area (Å²) in [6.07, 6.45) is 1.45. The first-order valence-corrected chi connectivity index (χ1v) is 5.77. The van der Waals surface area contributed by atoms with Crippen LogP contribution in [-0.2, 0) is 6.42 Å². The third kappa shape index (κ3) is 4.75. The van der Waals surface area contributed by atoms with Gasteiger partial charge in [-0.2, -0.15) is 5.26 Å². The molecular weight excluding hydrogens is 212 g/mol. The number of nitrogens with zero attached hydrogens (tertiary/aromatic N) is 2. The van der Waals surface area contributed by atoms with Crippen LogP contribution in [-0.4, -0.2) is 32.1 Å². The molecule has 1 rings (SSSR count). The summed E-state index contributed by atoms with van der Waals surface area (Å²) < 4.78 is 0. The summed E-state index contributed by atoms with van der Waals surface area (Å²) in [4.78, 5) is 2.16. The molecule has 0 atom stereocenters. The van der Waals surface area contributed by atoms with Gasteiger partial charge in [-0.25, -0.2) is 0 Å². The van der Waals surface area contributed by atoms with Crippen LogP contribution in [0, 0.1) is 11.3 Å². The normalized spacial score (nSPS) is 10.2. The number of hydrogen-bond acceptors (Lipinski definition) is 4. The van der Waals surface area contributed by atoms with E-state index >= 15 is 0 Å². The van der Waals surface area contributed by atoms with Gasteiger partial charge in [0.1, 0.15) is 0 Å². The second-order valence-corrected chi connectivity index (χ2v) is 4.33. The van der Waals surface area contributed by atoms with Gasteiger partial charge in [-0.1, -0.05) is 0 Å². The van der Waals surface area contributed by atoms with E-state index in [0.29, 0.717) is 12.1 Å². The molecule has 3 N–H and O–H groups in total. The van der Waals surface area contributed by atoms with Crippen LogP contribution >= 0.6 is 0 Å². The Morgan fingerprint density at radius 1 is 1.41 bits per heavy atom. The summed E-state index contributed by atoms with van der Waals surface area (Å²) in [5.74, 6) is 0. The van der Waals surface area contributed by atoms with Crippen LogP contribution in [0.4, 0.5) is 11.4 Å². The van der Waals surface area contributed by atoms with Crippen LogP contribution in [0.2, 0.25) is 0 Å². The van der Waals surface area contributed by atoms with Gasteiger partial charge in [0, 0.05) is 17.9 Å². The first-order chi connectivity index (χ1) is 8.13. The number of nitrogens with two attached hydrogens (primary N) is 1. The molecule has 0 unspecified atom stereocenters. The smallest absolute Gasteiger partial charge is 0.0670 e. The van der Waals surface area contributed by atoms with Crippen molar-refractivity contribution in [1.29, 1.82) is 5.26 Å². The van der Waals surface area contributed by atoms with Gasteiger partial charge in [0.2, 0.25) is 0 Å². The standard InChI is InChI=1S/C13H20N4/c1-17(2)9-3-8-16-12-4-5-13(15)11(10-12)6-7-14/h4-5,10,16H,3,6,8-9,15H2,1-2H3. The molecular formula is C13H20N4. The van der Waals surface area contributed by atoms with Gasteiger partial charge in [0.25, 0.3) is 0 Å². The molecule has 1 aromatic carbocycles. The fourth-order valence-corrected chi connectivity index (χ4v) is 1.58. The fraction of sp³-hybridized carbons (Fsp3) is 0.462. The summed E-state index contributed by atoms with van der Waals surface area (Å²) in [6, 6.07) is 7.87. The monoisotopic (exact) mass is 232 g/mol. The van der Waals surface area contributed by atoms with Crippen molar-refractivity contribution >= 4 is 11.4 Å². The molecule has 0 amide bonds. The summed E-state index contributed by atoms with van der Waals surface area (Å²) in [5.41, 5.74) is 8.39. The highest BCUT2D eigenvalue weighted by molar-refractivity contribution is 5.57. The van der Waals surface area contributed by atoms with Crippen molar-refractivity contribution in [1.82, 2.24) is 4.90 Å². The lowest BCUT2D eigenvalue weighted by Gasteiger charge is -2.11. The Morgan fingerprint density at radius 3 is 2.82 bits per heavy atom. The quantitative estimate of drug-likeness (QED) is 0.579. The van der Waals surface area contributed by atoms with Gasteiger partial charge in [-0.3, -0.25) is 0 Å². The van der Waals surface area contributed by atoms with Crippen molar-refractivity contribution in [3.05, 3.63) is 23.8 Å². The summed E-state index contributed by atoms with van der Waals surface area (Å²) in [5, 5.41) is 12.0. The van der Waals surface area contributed by atoms with Gasteiger partial charge < -0.3 is 16.0 Å². The predicted octanol–water partition coefficient (Wildman–Crippen LogP) is 1.70. The molecule has 0 saturated heterocycles. The van der Waals surface area contributed by atoms with Gasteiger partial charge in [-0.05, 0) is 50.8 Å². The molecule has 4 heteroatoms. The second-order valence-electron chi connectivity index (χ2n) is 4.33. The maximum atomic E-state index is 8.68. The Labute approximate surface area is 103 Å². The third-order valence-corrected chi connectivity index (χ3v) is 2.52. The first-order valence-electron chi connectivity index (χ1n) is 5.77. The van der Waals surface area contributed by atoms with E-state index in [1.807, 2.05) is 18.2 Å². The minimum atomic E-state index is 0.360. The van der Waals surface area contributed by atoms with Crippen molar-refractivity contribution < 1.29 is 0 Å². The second kappa shape index (κ2) is 6.77. The predicted molar refractivity (Wildman–Crippen MR) is 71.8 cm³/mol. The van der Waals surface area contributed by atoms with Crippen LogP contribution < -0.4 is 11.1 Å². The number of rotatable bonds is 6. The number of anilines is 2. The molecule has 1 aromatic rings. The Morgan fingerprint density at radius 2 is 2.18 bits per heavy atom. The Kier molecular flexibility index (Phi) is 5.31. The molecule has 0 heterocycles. The number of nitriles is 1. The lowest BCUT2D eigenvalue weighted by Crippen LogP contribution is -2.16. The van der Waals surface area contributed by atoms with E-state index in [9.17, 15) is 0 Å². The molecule has 0 aliphatic rings. The van der Waals surface area contributed by atoms with E-state index in [2.05, 4.69) is 30.4 Å². The Bertz CT molecular complexity index is 393. The SMILES string of the molecule is CN(C)CCCNc1ccc(N)c(CC#N)c1. The molecule has 0 bridgehead atoms. The highest BCUT2D eigenvalue weighted by Crippen LogP contribution is 2.18. The average Bonchev–Trinajstić information content (AvgIpc) is 2.28. The maximum Gasteiger partial charge on any atom is 0.0670 e. The van der Waals surface area contributed by atoms with E-state index < -0.39 is 0 Å². The van der Waals surface area contributed by atoms with Crippen molar-refractivity contribution in [2.75, 3.05) is 38.2 Å². The van der Waals surface area contributed by atoms with Gasteiger partial charge >= 0.3 is 0 Å². The number of nitrogen functional groups attached to an aromatic ring is 1. The largest absolute Gasteiger partial charge is 0.398 e. The van der Waals surface area contributed by atoms with Crippen LogP contribution in [0.15, 0.2) is 18.2 Å². The lowest BCUT2D eigenvalue weighted by molar-refractivity contribution is 0.405. The topological polar surface area (TPSA) is 65.1 Å². The van der Waals surface area contributed by atoms with Gasteiger partial charge in [0.15, 0.2) is 0 Å². The van der Waals surface area contributed by atoms with Crippen molar-refractivity contribution in [3.63, 3.8) is 0 Å². The molecule has 0 aliphatic carbocycles. The molecule has 0 fully saturated rings. The van der Waals surface area contributed by atoms with Crippen LogP contribution in [0.25, 0.3) is 0 Å². The van der Waals surface area contributed by atoms with Gasteiger partial charge in [0.05, 0.1) is 12.5 Å². The van der Waals surface area contributed by atoms with Crippen molar-refractivity contribution in [3.8, 4) is 6.07 Å². The number of nitrogens with one attached hydrogen (secondary N) is 1. The zero-order chi connectivity index (χ0) is 12.7. The first kappa shape index (κ1) is 13.3. The lowest BCUT2D eigenvalue weighted by atomic mass is 10.1. The van der Waals surface area contributed by atoms with E-state index in [1.54, 1.807) is 0 Å². The highest BCUT2D eigenvalue weighted by atomic mass is 15.1. The van der Waals surface area contributed by atoms with Crippen LogP contribution in [0.1, 0.15) is 12.0 Å². The van der Waals surface area contributed by atoms with E-state index in [0.717, 1.165) is 30.8 Å². The summed E-state index contributed by atoms with van der Waals surface area (Å²) in [6.45, 7) is 1.99. The van der Waals surface area contributed by atoms with Crippen molar-refractivity contribution in [2.24, 2.45) is 0 Å². The summed E-state index contributed by atoms with van der Waals surface area (Å²) >= 11 is 0. The maximum absolute atomic E-state index is 8.68. The zero-order valence-corrected chi connectivity index (χ0v) is 10.5. The molecule has 0 aromatic heterocycles. The van der Waals surface area contributed by atoms with E-state index in [1.165, 1.54) is 0 Å². The number of benzene rings is 1. The van der Waals surface area contributed by atoms with E-state index in [-0.39, 0.29) is 0 Å².